The van der Waals surface area contributed by atoms with Gasteiger partial charge in [0.1, 0.15) is 0 Å². The fourth-order valence-electron chi connectivity index (χ4n) is 3.89. The van der Waals surface area contributed by atoms with E-state index in [1.165, 1.54) is 24.2 Å². The van der Waals surface area contributed by atoms with Gasteiger partial charge in [0.25, 0.3) is 0 Å². The average Bonchev–Trinajstić information content (AvgIpc) is 3.26. The van der Waals surface area contributed by atoms with Crippen LogP contribution in [0.15, 0.2) is 6.33 Å². The maximum Gasteiger partial charge on any atom is 0.410 e. The molecule has 1 aromatic rings. The normalized spacial score (nSPS) is 28.0. The van der Waals surface area contributed by atoms with Crippen LogP contribution in [0.2, 0.25) is 0 Å². The Morgan fingerprint density at radius 2 is 2.24 bits per heavy atom. The van der Waals surface area contributed by atoms with Crippen molar-refractivity contribution in [1.82, 2.24) is 14.5 Å². The summed E-state index contributed by atoms with van der Waals surface area (Å²) in [5.41, 5.74) is 2.57. The molecule has 2 unspecified atom stereocenters. The summed E-state index contributed by atoms with van der Waals surface area (Å²) in [6, 6.07) is 0.285. The number of piperidine rings is 1. The topological polar surface area (TPSA) is 47.4 Å². The van der Waals surface area contributed by atoms with Crippen LogP contribution in [0.5, 0.6) is 0 Å². The lowest BCUT2D eigenvalue weighted by Crippen LogP contribution is -2.49. The third-order valence-electron chi connectivity index (χ3n) is 5.27. The number of aromatic nitrogens is 2. The lowest BCUT2D eigenvalue weighted by Gasteiger charge is -2.42. The molecule has 0 bridgehead atoms. The van der Waals surface area contributed by atoms with Crippen LogP contribution in [0.4, 0.5) is 4.79 Å². The molecule has 0 aromatic carbocycles. The number of hydrogen-bond acceptors (Lipinski definition) is 3. The van der Waals surface area contributed by atoms with Gasteiger partial charge >= 0.3 is 6.09 Å². The van der Waals surface area contributed by atoms with Gasteiger partial charge in [-0.05, 0) is 44.4 Å². The molecule has 21 heavy (non-hydrogen) atoms. The summed E-state index contributed by atoms with van der Waals surface area (Å²) in [4.78, 5) is 19.0. The number of likely N-dealkylation sites (tertiary alicyclic amines) is 1. The molecule has 5 nitrogen and oxygen atoms in total. The molecular formula is C16H23N3O2. The number of carbonyl (C=O) groups excluding carboxylic acids is 1. The molecule has 1 aliphatic heterocycles. The van der Waals surface area contributed by atoms with Gasteiger partial charge in [-0.1, -0.05) is 0 Å². The molecule has 1 saturated heterocycles. The van der Waals surface area contributed by atoms with E-state index >= 15 is 0 Å². The highest BCUT2D eigenvalue weighted by molar-refractivity contribution is 5.68. The lowest BCUT2D eigenvalue weighted by atomic mass is 9.79. The Bertz CT molecular complexity index is 550. The van der Waals surface area contributed by atoms with Crippen LogP contribution in [0.25, 0.3) is 0 Å². The first-order chi connectivity index (χ1) is 10.2. The number of ether oxygens (including phenoxy) is 1. The molecule has 114 valence electrons. The Morgan fingerprint density at radius 1 is 1.38 bits per heavy atom. The van der Waals surface area contributed by atoms with Crippen molar-refractivity contribution >= 4 is 6.09 Å². The van der Waals surface area contributed by atoms with Crippen LogP contribution in [0, 0.1) is 5.92 Å². The van der Waals surface area contributed by atoms with Crippen LogP contribution < -0.4 is 0 Å². The number of hydrogen-bond donors (Lipinski definition) is 0. The van der Waals surface area contributed by atoms with E-state index in [0.717, 1.165) is 32.2 Å². The van der Waals surface area contributed by atoms with E-state index in [9.17, 15) is 4.79 Å². The van der Waals surface area contributed by atoms with Gasteiger partial charge in [-0.25, -0.2) is 9.78 Å². The highest BCUT2D eigenvalue weighted by Gasteiger charge is 2.41. The van der Waals surface area contributed by atoms with Crippen molar-refractivity contribution in [3.8, 4) is 0 Å². The van der Waals surface area contributed by atoms with Gasteiger partial charge in [0.05, 0.1) is 18.6 Å². The van der Waals surface area contributed by atoms with Crippen LogP contribution in [-0.4, -0.2) is 39.7 Å². The standard InChI is InChI=1S/C16H23N3O2/c1-18-10-17-15-12-3-2-8-19(13(12)6-7-14(15)18)16(20)21-9-11-4-5-11/h10-13H,2-9H2,1H3. The molecule has 1 saturated carbocycles. The van der Waals surface area contributed by atoms with Gasteiger partial charge in [0, 0.05) is 31.2 Å². The molecular weight excluding hydrogens is 266 g/mol. The Morgan fingerprint density at radius 3 is 3.05 bits per heavy atom. The number of nitrogens with zero attached hydrogens (tertiary/aromatic N) is 3. The maximum absolute atomic E-state index is 12.4. The van der Waals surface area contributed by atoms with Crippen LogP contribution in [0.3, 0.4) is 0 Å². The second-order valence-corrected chi connectivity index (χ2v) is 6.76. The first kappa shape index (κ1) is 13.2. The molecule has 5 heteroatoms. The number of fused-ring (bicyclic) bond motifs is 3. The lowest BCUT2D eigenvalue weighted by molar-refractivity contribution is 0.0577. The van der Waals surface area contributed by atoms with Crippen molar-refractivity contribution in [3.05, 3.63) is 17.7 Å². The summed E-state index contributed by atoms with van der Waals surface area (Å²) in [5.74, 6) is 1.03. The predicted octanol–water partition coefficient (Wildman–Crippen LogP) is 2.46. The van der Waals surface area contributed by atoms with Crippen LogP contribution in [0.1, 0.15) is 49.4 Å². The van der Waals surface area contributed by atoms with E-state index in [0.29, 0.717) is 18.4 Å². The third-order valence-corrected chi connectivity index (χ3v) is 5.27. The fourth-order valence-corrected chi connectivity index (χ4v) is 3.89. The van der Waals surface area contributed by atoms with E-state index in [1.54, 1.807) is 0 Å². The zero-order chi connectivity index (χ0) is 14.4. The highest BCUT2D eigenvalue weighted by Crippen LogP contribution is 2.40. The second kappa shape index (κ2) is 5.04. The summed E-state index contributed by atoms with van der Waals surface area (Å²) >= 11 is 0. The first-order valence-corrected chi connectivity index (χ1v) is 8.17. The van der Waals surface area contributed by atoms with Crippen LogP contribution in [-0.2, 0) is 18.2 Å². The zero-order valence-corrected chi connectivity index (χ0v) is 12.6. The van der Waals surface area contributed by atoms with E-state index < -0.39 is 0 Å². The summed E-state index contributed by atoms with van der Waals surface area (Å²) in [6.07, 6.45) is 8.49. The third kappa shape index (κ3) is 2.32. The summed E-state index contributed by atoms with van der Waals surface area (Å²) in [5, 5.41) is 0. The molecule has 1 aromatic heterocycles. The minimum Gasteiger partial charge on any atom is -0.449 e. The average molecular weight is 289 g/mol. The summed E-state index contributed by atoms with van der Waals surface area (Å²) < 4.78 is 7.64. The van der Waals surface area contributed by atoms with Gasteiger partial charge in [-0.2, -0.15) is 0 Å². The maximum atomic E-state index is 12.4. The fraction of sp³-hybridized carbons (Fsp3) is 0.750. The quantitative estimate of drug-likeness (QED) is 0.840. The molecule has 0 radical (unpaired) electrons. The van der Waals surface area contributed by atoms with Crippen molar-refractivity contribution in [1.29, 1.82) is 0 Å². The molecule has 4 rings (SSSR count). The monoisotopic (exact) mass is 289 g/mol. The molecule has 0 spiro atoms. The summed E-state index contributed by atoms with van der Waals surface area (Å²) in [6.45, 7) is 1.45. The molecule has 2 fully saturated rings. The Balaban J connectivity index is 1.51. The number of amides is 1. The van der Waals surface area contributed by atoms with Crippen molar-refractivity contribution in [2.75, 3.05) is 13.2 Å². The van der Waals surface area contributed by atoms with Gasteiger partial charge in [0.2, 0.25) is 0 Å². The molecule has 1 amide bonds. The van der Waals surface area contributed by atoms with E-state index in [-0.39, 0.29) is 12.1 Å². The zero-order valence-electron chi connectivity index (χ0n) is 12.6. The Labute approximate surface area is 125 Å². The van der Waals surface area contributed by atoms with Gasteiger partial charge < -0.3 is 14.2 Å². The SMILES string of the molecule is Cn1cnc2c1CCC1C2CCCN1C(=O)OCC1CC1. The Kier molecular flexibility index (Phi) is 3.16. The van der Waals surface area contributed by atoms with Gasteiger partial charge in [0.15, 0.2) is 0 Å². The molecule has 2 aliphatic carbocycles. The molecule has 0 N–H and O–H groups in total. The van der Waals surface area contributed by atoms with Crippen molar-refractivity contribution < 1.29 is 9.53 Å². The van der Waals surface area contributed by atoms with Gasteiger partial charge in [-0.3, -0.25) is 0 Å². The molecule has 3 aliphatic rings. The van der Waals surface area contributed by atoms with E-state index in [2.05, 4.69) is 16.6 Å². The van der Waals surface area contributed by atoms with Gasteiger partial charge in [-0.15, -0.1) is 0 Å². The van der Waals surface area contributed by atoms with E-state index in [1.807, 2.05) is 11.2 Å². The van der Waals surface area contributed by atoms with E-state index in [4.69, 9.17) is 4.74 Å². The van der Waals surface area contributed by atoms with Crippen LogP contribution >= 0.6 is 0 Å². The highest BCUT2D eigenvalue weighted by atomic mass is 16.6. The number of carbonyl (C=O) groups is 1. The van der Waals surface area contributed by atoms with Crippen molar-refractivity contribution in [2.45, 2.75) is 50.5 Å². The number of imidazole rings is 1. The largest absolute Gasteiger partial charge is 0.449 e. The first-order valence-electron chi connectivity index (χ1n) is 8.17. The predicted molar refractivity (Wildman–Crippen MR) is 78.1 cm³/mol. The Hall–Kier alpha value is -1.52. The minimum absolute atomic E-state index is 0.101. The molecule has 2 atom stereocenters. The minimum atomic E-state index is -0.101. The number of aryl methyl sites for hydroxylation is 1. The number of rotatable bonds is 2. The smallest absolute Gasteiger partial charge is 0.410 e. The molecule has 2 heterocycles. The van der Waals surface area contributed by atoms with Crippen molar-refractivity contribution in [3.63, 3.8) is 0 Å². The summed E-state index contributed by atoms with van der Waals surface area (Å²) in [7, 11) is 2.07. The van der Waals surface area contributed by atoms with Crippen molar-refractivity contribution in [2.24, 2.45) is 13.0 Å². The second-order valence-electron chi connectivity index (χ2n) is 6.76.